The molecule has 2 aromatic carbocycles. The molecule has 2 saturated heterocycles. The SMILES string of the molecule is O=C(c1ccc(OCCN2CCOCC2)cc1)N1CCC[C@H]1c1n[nH]c(Cc2ccc(F)cc2)n1. The van der Waals surface area contributed by atoms with Gasteiger partial charge in [-0.05, 0) is 54.8 Å². The lowest BCUT2D eigenvalue weighted by atomic mass is 10.1. The van der Waals surface area contributed by atoms with Gasteiger partial charge in [0.05, 0.1) is 19.3 Å². The Morgan fingerprint density at radius 2 is 1.86 bits per heavy atom. The number of H-pyrrole nitrogens is 1. The molecule has 2 fully saturated rings. The lowest BCUT2D eigenvalue weighted by molar-refractivity contribution is 0.0322. The number of aromatic nitrogens is 3. The normalized spacial score (nSPS) is 18.7. The molecule has 1 atom stereocenters. The van der Waals surface area contributed by atoms with E-state index in [0.717, 1.165) is 57.0 Å². The third-order valence-electron chi connectivity index (χ3n) is 6.53. The van der Waals surface area contributed by atoms with Gasteiger partial charge in [0, 0.05) is 38.2 Å². The van der Waals surface area contributed by atoms with Crippen LogP contribution in [0.15, 0.2) is 48.5 Å². The minimum atomic E-state index is -0.264. The first-order valence-electron chi connectivity index (χ1n) is 12.2. The second kappa shape index (κ2) is 11.0. The molecule has 35 heavy (non-hydrogen) atoms. The van der Waals surface area contributed by atoms with Gasteiger partial charge in [0.1, 0.15) is 24.0 Å². The van der Waals surface area contributed by atoms with E-state index in [2.05, 4.69) is 20.1 Å². The third-order valence-corrected chi connectivity index (χ3v) is 6.53. The van der Waals surface area contributed by atoms with Crippen LogP contribution in [0.3, 0.4) is 0 Å². The van der Waals surface area contributed by atoms with Crippen LogP contribution in [0.1, 0.15) is 46.5 Å². The van der Waals surface area contributed by atoms with Crippen molar-refractivity contribution >= 4 is 5.91 Å². The molecule has 9 heteroatoms. The summed E-state index contributed by atoms with van der Waals surface area (Å²) in [6, 6.07) is 13.5. The maximum atomic E-state index is 13.3. The smallest absolute Gasteiger partial charge is 0.254 e. The summed E-state index contributed by atoms with van der Waals surface area (Å²) in [4.78, 5) is 22.1. The molecule has 1 aromatic heterocycles. The average Bonchev–Trinajstić information content (AvgIpc) is 3.56. The van der Waals surface area contributed by atoms with Crippen LogP contribution in [-0.4, -0.2) is 76.9 Å². The zero-order valence-electron chi connectivity index (χ0n) is 19.7. The molecule has 0 saturated carbocycles. The zero-order valence-corrected chi connectivity index (χ0v) is 19.7. The summed E-state index contributed by atoms with van der Waals surface area (Å²) >= 11 is 0. The van der Waals surface area contributed by atoms with Gasteiger partial charge in [0.25, 0.3) is 5.91 Å². The van der Waals surface area contributed by atoms with Crippen LogP contribution in [0.5, 0.6) is 5.75 Å². The van der Waals surface area contributed by atoms with Crippen LogP contribution in [-0.2, 0) is 11.2 Å². The quantitative estimate of drug-likeness (QED) is 0.534. The number of amides is 1. The number of aromatic amines is 1. The van der Waals surface area contributed by atoms with E-state index >= 15 is 0 Å². The second-order valence-corrected chi connectivity index (χ2v) is 8.93. The number of nitrogens with one attached hydrogen (secondary N) is 1. The number of nitrogens with zero attached hydrogens (tertiary/aromatic N) is 4. The molecule has 3 aromatic rings. The highest BCUT2D eigenvalue weighted by Crippen LogP contribution is 2.31. The number of rotatable bonds is 8. The minimum absolute atomic E-state index is 0.0303. The zero-order chi connectivity index (χ0) is 24.0. The van der Waals surface area contributed by atoms with Gasteiger partial charge in [-0.25, -0.2) is 9.37 Å². The van der Waals surface area contributed by atoms with Gasteiger partial charge >= 0.3 is 0 Å². The van der Waals surface area contributed by atoms with Crippen molar-refractivity contribution in [2.24, 2.45) is 0 Å². The molecule has 184 valence electrons. The topological polar surface area (TPSA) is 83.6 Å². The lowest BCUT2D eigenvalue weighted by Gasteiger charge is -2.26. The monoisotopic (exact) mass is 479 g/mol. The highest BCUT2D eigenvalue weighted by Gasteiger charge is 2.33. The number of hydrogen-bond donors (Lipinski definition) is 1. The summed E-state index contributed by atoms with van der Waals surface area (Å²) in [5, 5.41) is 7.36. The van der Waals surface area contributed by atoms with E-state index in [0.29, 0.717) is 36.8 Å². The van der Waals surface area contributed by atoms with E-state index < -0.39 is 0 Å². The number of carbonyl (C=O) groups is 1. The summed E-state index contributed by atoms with van der Waals surface area (Å²) in [6.45, 7) is 5.56. The molecule has 2 aliphatic heterocycles. The largest absolute Gasteiger partial charge is 0.492 e. The number of halogens is 1. The Bertz CT molecular complexity index is 1110. The van der Waals surface area contributed by atoms with Crippen molar-refractivity contribution in [3.63, 3.8) is 0 Å². The van der Waals surface area contributed by atoms with Crippen LogP contribution in [0.25, 0.3) is 0 Å². The Hall–Kier alpha value is -3.30. The summed E-state index contributed by atoms with van der Waals surface area (Å²) in [7, 11) is 0. The fraction of sp³-hybridized carbons (Fsp3) is 0.423. The van der Waals surface area contributed by atoms with Gasteiger partial charge in [0.15, 0.2) is 5.82 Å². The predicted molar refractivity (Wildman–Crippen MR) is 128 cm³/mol. The number of ether oxygens (including phenoxy) is 2. The third kappa shape index (κ3) is 5.86. The molecule has 1 N–H and O–H groups in total. The standard InChI is InChI=1S/C26H30FN5O3/c27-21-7-3-19(4-8-21)18-24-28-25(30-29-24)23-2-1-11-32(23)26(33)20-5-9-22(10-6-20)35-17-14-31-12-15-34-16-13-31/h3-10,23H,1-2,11-18H2,(H,28,29,30)/t23-/m0/s1. The van der Waals surface area contributed by atoms with Crippen LogP contribution in [0.4, 0.5) is 4.39 Å². The van der Waals surface area contributed by atoms with Crippen molar-refractivity contribution in [1.82, 2.24) is 25.0 Å². The van der Waals surface area contributed by atoms with E-state index in [9.17, 15) is 9.18 Å². The van der Waals surface area contributed by atoms with Crippen molar-refractivity contribution in [2.45, 2.75) is 25.3 Å². The first kappa shape index (κ1) is 23.4. The number of morpholine rings is 1. The van der Waals surface area contributed by atoms with Gasteiger partial charge in [-0.1, -0.05) is 12.1 Å². The molecule has 2 aliphatic rings. The molecule has 0 bridgehead atoms. The summed E-state index contributed by atoms with van der Waals surface area (Å²) in [6.07, 6.45) is 2.25. The Kier molecular flexibility index (Phi) is 7.34. The van der Waals surface area contributed by atoms with Gasteiger partial charge in [-0.15, -0.1) is 0 Å². The maximum Gasteiger partial charge on any atom is 0.254 e. The molecule has 0 aliphatic carbocycles. The van der Waals surface area contributed by atoms with Gasteiger partial charge < -0.3 is 14.4 Å². The molecule has 5 rings (SSSR count). The van der Waals surface area contributed by atoms with Gasteiger partial charge in [-0.2, -0.15) is 5.10 Å². The molecule has 0 spiro atoms. The van der Waals surface area contributed by atoms with Crippen molar-refractivity contribution in [3.05, 3.63) is 77.1 Å². The van der Waals surface area contributed by atoms with E-state index in [-0.39, 0.29) is 17.8 Å². The molecule has 1 amide bonds. The fourth-order valence-electron chi connectivity index (χ4n) is 4.59. The van der Waals surface area contributed by atoms with E-state index in [1.807, 2.05) is 29.2 Å². The first-order valence-corrected chi connectivity index (χ1v) is 12.2. The van der Waals surface area contributed by atoms with E-state index in [1.54, 1.807) is 12.1 Å². The van der Waals surface area contributed by atoms with Crippen LogP contribution >= 0.6 is 0 Å². The first-order chi connectivity index (χ1) is 17.2. The highest BCUT2D eigenvalue weighted by atomic mass is 19.1. The fourth-order valence-corrected chi connectivity index (χ4v) is 4.59. The molecule has 3 heterocycles. The second-order valence-electron chi connectivity index (χ2n) is 8.93. The minimum Gasteiger partial charge on any atom is -0.492 e. The number of carbonyl (C=O) groups excluding carboxylic acids is 1. The van der Waals surface area contributed by atoms with Crippen LogP contribution in [0, 0.1) is 5.82 Å². The molecule has 0 unspecified atom stereocenters. The Morgan fingerprint density at radius 1 is 1.09 bits per heavy atom. The summed E-state index contributed by atoms with van der Waals surface area (Å²) in [5.41, 5.74) is 1.57. The number of likely N-dealkylation sites (tertiary alicyclic amines) is 1. The Labute approximate surface area is 204 Å². The van der Waals surface area contributed by atoms with Crippen molar-refractivity contribution < 1.29 is 18.7 Å². The van der Waals surface area contributed by atoms with Gasteiger partial charge in [0.2, 0.25) is 0 Å². The Morgan fingerprint density at radius 3 is 2.63 bits per heavy atom. The van der Waals surface area contributed by atoms with Crippen molar-refractivity contribution in [2.75, 3.05) is 46.0 Å². The maximum absolute atomic E-state index is 13.3. The van der Waals surface area contributed by atoms with Crippen molar-refractivity contribution in [3.8, 4) is 5.75 Å². The number of benzene rings is 2. The highest BCUT2D eigenvalue weighted by molar-refractivity contribution is 5.94. The number of hydrogen-bond acceptors (Lipinski definition) is 6. The Balaban J connectivity index is 1.17. The average molecular weight is 480 g/mol. The molecule has 8 nitrogen and oxygen atoms in total. The van der Waals surface area contributed by atoms with Crippen LogP contribution < -0.4 is 4.74 Å². The molecular formula is C26H30FN5O3. The van der Waals surface area contributed by atoms with Crippen molar-refractivity contribution in [1.29, 1.82) is 0 Å². The van der Waals surface area contributed by atoms with E-state index in [4.69, 9.17) is 9.47 Å². The summed E-state index contributed by atoms with van der Waals surface area (Å²) in [5.74, 6) is 1.78. The van der Waals surface area contributed by atoms with Gasteiger partial charge in [-0.3, -0.25) is 14.8 Å². The molecular weight excluding hydrogens is 449 g/mol. The lowest BCUT2D eigenvalue weighted by Crippen LogP contribution is -2.38. The predicted octanol–water partition coefficient (Wildman–Crippen LogP) is 3.22. The summed E-state index contributed by atoms with van der Waals surface area (Å²) < 4.78 is 24.4. The van der Waals surface area contributed by atoms with Crippen LogP contribution in [0.2, 0.25) is 0 Å². The van der Waals surface area contributed by atoms with E-state index in [1.165, 1.54) is 12.1 Å². The molecule has 0 radical (unpaired) electrons.